The van der Waals surface area contributed by atoms with Crippen LogP contribution >= 0.6 is 0 Å². The first-order valence-corrected chi connectivity index (χ1v) is 7.62. The van der Waals surface area contributed by atoms with Crippen LogP contribution in [0.15, 0.2) is 0 Å². The van der Waals surface area contributed by atoms with Crippen LogP contribution in [0.1, 0.15) is 61.3 Å². The monoisotopic (exact) mass is 299 g/mol. The summed E-state index contributed by atoms with van der Waals surface area (Å²) in [5.41, 5.74) is 0.0969. The van der Waals surface area contributed by atoms with Crippen molar-refractivity contribution in [2.24, 2.45) is 5.92 Å². The first kappa shape index (κ1) is 14.8. The van der Waals surface area contributed by atoms with Crippen LogP contribution in [0.3, 0.4) is 0 Å². The number of nitrogens with zero attached hydrogens (tertiary/aromatic N) is 2. The predicted molar refractivity (Wildman–Crippen MR) is 72.8 cm³/mol. The number of aromatic nitrogens is 2. The summed E-state index contributed by atoms with van der Waals surface area (Å²) in [5, 5.41) is 2.98. The summed E-state index contributed by atoms with van der Waals surface area (Å²) in [5.74, 6) is 1.16. The third kappa shape index (κ3) is 3.05. The molecule has 0 atom stereocenters. The van der Waals surface area contributed by atoms with Crippen molar-refractivity contribution in [2.45, 2.75) is 57.7 Å². The molecule has 1 N–H and O–H groups in total. The Morgan fingerprint density at radius 2 is 1.81 bits per heavy atom. The molecular formula is C15H20F3N3. The minimum atomic E-state index is -4.40. The highest BCUT2D eigenvalue weighted by molar-refractivity contribution is 5.31. The van der Waals surface area contributed by atoms with Crippen LogP contribution in [0.4, 0.5) is 13.2 Å². The van der Waals surface area contributed by atoms with Crippen LogP contribution in [0.25, 0.3) is 0 Å². The summed E-state index contributed by atoms with van der Waals surface area (Å²) in [6.45, 7) is 3.09. The van der Waals surface area contributed by atoms with E-state index in [1.165, 1.54) is 0 Å². The van der Waals surface area contributed by atoms with Crippen LogP contribution in [-0.4, -0.2) is 16.5 Å². The lowest BCUT2D eigenvalue weighted by molar-refractivity contribution is -0.142. The molecule has 0 amide bonds. The Hall–Kier alpha value is -1.17. The van der Waals surface area contributed by atoms with Gasteiger partial charge in [0, 0.05) is 31.0 Å². The van der Waals surface area contributed by atoms with E-state index >= 15 is 0 Å². The topological polar surface area (TPSA) is 37.8 Å². The molecule has 0 bridgehead atoms. The molecule has 2 aliphatic rings. The van der Waals surface area contributed by atoms with E-state index in [9.17, 15) is 13.2 Å². The van der Waals surface area contributed by atoms with Crippen LogP contribution in [0.5, 0.6) is 0 Å². The molecule has 3 rings (SSSR count). The first-order chi connectivity index (χ1) is 9.95. The van der Waals surface area contributed by atoms with Gasteiger partial charge in [0.05, 0.1) is 5.69 Å². The van der Waals surface area contributed by atoms with Gasteiger partial charge in [-0.3, -0.25) is 0 Å². The maximum Gasteiger partial charge on any atom is 0.433 e. The molecule has 1 aromatic rings. The molecule has 1 aromatic heterocycles. The van der Waals surface area contributed by atoms with Gasteiger partial charge in [0.1, 0.15) is 5.82 Å². The maximum absolute atomic E-state index is 13.3. The summed E-state index contributed by atoms with van der Waals surface area (Å²) >= 11 is 0. The van der Waals surface area contributed by atoms with Crippen molar-refractivity contribution in [3.8, 4) is 0 Å². The van der Waals surface area contributed by atoms with Crippen molar-refractivity contribution in [1.82, 2.24) is 15.3 Å². The van der Waals surface area contributed by atoms with Gasteiger partial charge < -0.3 is 5.32 Å². The lowest BCUT2D eigenvalue weighted by Crippen LogP contribution is -2.30. The van der Waals surface area contributed by atoms with Crippen LogP contribution in [0, 0.1) is 5.92 Å². The molecular weight excluding hydrogens is 279 g/mol. The van der Waals surface area contributed by atoms with Crippen molar-refractivity contribution in [3.63, 3.8) is 0 Å². The summed E-state index contributed by atoms with van der Waals surface area (Å²) in [7, 11) is 0. The van der Waals surface area contributed by atoms with Crippen molar-refractivity contribution < 1.29 is 13.2 Å². The van der Waals surface area contributed by atoms with Gasteiger partial charge in [0.2, 0.25) is 0 Å². The molecule has 0 saturated heterocycles. The highest BCUT2D eigenvalue weighted by Crippen LogP contribution is 2.37. The smallest absolute Gasteiger partial charge is 0.312 e. The highest BCUT2D eigenvalue weighted by Gasteiger charge is 2.38. The van der Waals surface area contributed by atoms with E-state index in [0.29, 0.717) is 30.4 Å². The van der Waals surface area contributed by atoms with Gasteiger partial charge in [-0.25, -0.2) is 9.97 Å². The van der Waals surface area contributed by atoms with E-state index in [0.717, 1.165) is 25.7 Å². The van der Waals surface area contributed by atoms with Gasteiger partial charge in [-0.2, -0.15) is 13.2 Å². The van der Waals surface area contributed by atoms with Crippen molar-refractivity contribution in [2.75, 3.05) is 6.54 Å². The number of alkyl halides is 3. The fraction of sp³-hybridized carbons (Fsp3) is 0.733. The lowest BCUT2D eigenvalue weighted by atomic mass is 9.82. The van der Waals surface area contributed by atoms with E-state index < -0.39 is 11.9 Å². The average molecular weight is 299 g/mol. The van der Waals surface area contributed by atoms with Gasteiger partial charge in [0.25, 0.3) is 0 Å². The Kier molecular flexibility index (Phi) is 3.90. The second-order valence-electron chi connectivity index (χ2n) is 6.24. The van der Waals surface area contributed by atoms with Gasteiger partial charge in [-0.15, -0.1) is 0 Å². The van der Waals surface area contributed by atoms with Crippen molar-refractivity contribution in [3.05, 3.63) is 22.8 Å². The molecule has 6 heteroatoms. The number of halogens is 3. The predicted octanol–water partition coefficient (Wildman–Crippen LogP) is 3.43. The molecule has 0 spiro atoms. The summed E-state index contributed by atoms with van der Waals surface area (Å²) in [6, 6.07) is 0. The number of hydrogen-bond donors (Lipinski definition) is 1. The van der Waals surface area contributed by atoms with E-state index in [-0.39, 0.29) is 18.0 Å². The molecule has 0 aromatic carbocycles. The summed E-state index contributed by atoms with van der Waals surface area (Å²) in [4.78, 5) is 8.41. The van der Waals surface area contributed by atoms with E-state index in [4.69, 9.17) is 0 Å². The van der Waals surface area contributed by atoms with Crippen LogP contribution < -0.4 is 5.32 Å². The summed E-state index contributed by atoms with van der Waals surface area (Å²) < 4.78 is 39.8. The highest BCUT2D eigenvalue weighted by atomic mass is 19.4. The van der Waals surface area contributed by atoms with E-state index in [1.54, 1.807) is 0 Å². The SMILES string of the molecule is CC1CCC(c2nc3c(c(C(F)(F)F)n2)CNCC3)CC1. The Bertz CT molecular complexity index is 520. The Morgan fingerprint density at radius 1 is 1.10 bits per heavy atom. The molecule has 0 radical (unpaired) electrons. The van der Waals surface area contributed by atoms with Crippen LogP contribution in [-0.2, 0) is 19.1 Å². The van der Waals surface area contributed by atoms with Gasteiger partial charge in [-0.1, -0.05) is 19.8 Å². The zero-order valence-corrected chi connectivity index (χ0v) is 12.1. The fourth-order valence-corrected chi connectivity index (χ4v) is 3.30. The third-order valence-corrected chi connectivity index (χ3v) is 4.60. The maximum atomic E-state index is 13.3. The second-order valence-corrected chi connectivity index (χ2v) is 6.24. The normalized spacial score (nSPS) is 26.5. The molecule has 1 aliphatic carbocycles. The van der Waals surface area contributed by atoms with Crippen molar-refractivity contribution >= 4 is 0 Å². The molecule has 2 heterocycles. The molecule has 116 valence electrons. The summed E-state index contributed by atoms with van der Waals surface area (Å²) in [6.07, 6.45) is 0.0485. The molecule has 3 nitrogen and oxygen atoms in total. The van der Waals surface area contributed by atoms with Gasteiger partial charge >= 0.3 is 6.18 Å². The largest absolute Gasteiger partial charge is 0.433 e. The quantitative estimate of drug-likeness (QED) is 0.863. The van der Waals surface area contributed by atoms with Crippen LogP contribution in [0.2, 0.25) is 0 Å². The minimum Gasteiger partial charge on any atom is -0.312 e. The lowest BCUT2D eigenvalue weighted by Gasteiger charge is -2.27. The fourth-order valence-electron chi connectivity index (χ4n) is 3.30. The Balaban J connectivity index is 1.98. The van der Waals surface area contributed by atoms with Gasteiger partial charge in [0.15, 0.2) is 5.69 Å². The zero-order chi connectivity index (χ0) is 15.0. The second kappa shape index (κ2) is 5.55. The van der Waals surface area contributed by atoms with E-state index in [2.05, 4.69) is 22.2 Å². The number of fused-ring (bicyclic) bond motifs is 1. The standard InChI is InChI=1S/C15H20F3N3/c1-9-2-4-10(5-3-9)14-20-12-6-7-19-8-11(12)13(21-14)15(16,17)18/h9-10,19H,2-8H2,1H3. The van der Waals surface area contributed by atoms with Crippen molar-refractivity contribution in [1.29, 1.82) is 0 Å². The molecule has 1 fully saturated rings. The number of hydrogen-bond acceptors (Lipinski definition) is 3. The van der Waals surface area contributed by atoms with E-state index in [1.807, 2.05) is 0 Å². The Labute approximate surface area is 122 Å². The van der Waals surface area contributed by atoms with Gasteiger partial charge in [-0.05, 0) is 18.8 Å². The average Bonchev–Trinajstić information content (AvgIpc) is 2.46. The Morgan fingerprint density at radius 3 is 2.48 bits per heavy atom. The third-order valence-electron chi connectivity index (χ3n) is 4.60. The molecule has 1 saturated carbocycles. The number of rotatable bonds is 1. The molecule has 0 unspecified atom stereocenters. The zero-order valence-electron chi connectivity index (χ0n) is 12.1. The molecule has 1 aliphatic heterocycles. The minimum absolute atomic E-state index is 0.0856. The molecule has 21 heavy (non-hydrogen) atoms. The first-order valence-electron chi connectivity index (χ1n) is 7.62. The number of nitrogens with one attached hydrogen (secondary N) is 1.